The molecule has 0 saturated carbocycles. The number of alkyl carbamates (subject to hydrolysis) is 1. The minimum Gasteiger partial charge on any atom is -0.453 e. The van der Waals surface area contributed by atoms with Gasteiger partial charge < -0.3 is 10.1 Å². The number of hydrogen-bond donors (Lipinski definition) is 1. The number of alkyl halides is 3. The third kappa shape index (κ3) is 4.00. The molecule has 1 unspecified atom stereocenters. The van der Waals surface area contributed by atoms with Crippen LogP contribution in [0.25, 0.3) is 0 Å². The van der Waals surface area contributed by atoms with Gasteiger partial charge in [0.1, 0.15) is 0 Å². The zero-order valence-corrected chi connectivity index (χ0v) is 7.61. The number of carbonyl (C=O) groups is 1. The molecule has 0 aromatic carbocycles. The van der Waals surface area contributed by atoms with Crippen LogP contribution in [0.2, 0.25) is 0 Å². The highest BCUT2D eigenvalue weighted by molar-refractivity contribution is 5.67. The van der Waals surface area contributed by atoms with Crippen LogP contribution in [0.5, 0.6) is 0 Å². The van der Waals surface area contributed by atoms with Gasteiger partial charge in [0.25, 0.3) is 0 Å². The molecule has 0 spiro atoms. The van der Waals surface area contributed by atoms with E-state index >= 15 is 0 Å². The Bertz CT molecular complexity index is 181. The number of amides is 1. The van der Waals surface area contributed by atoms with Crippen LogP contribution in [0.4, 0.5) is 18.0 Å². The van der Waals surface area contributed by atoms with Crippen LogP contribution in [-0.2, 0) is 4.74 Å². The molecule has 0 saturated heterocycles. The van der Waals surface area contributed by atoms with Crippen molar-refractivity contribution in [1.82, 2.24) is 5.32 Å². The molecule has 0 aromatic rings. The molecule has 0 rings (SSSR count). The molecular weight excluding hydrogens is 187 g/mol. The highest BCUT2D eigenvalue weighted by Crippen LogP contribution is 2.28. The third-order valence-electron chi connectivity index (χ3n) is 1.80. The molecule has 1 N–H and O–H groups in total. The fraction of sp³-hybridized carbons (Fsp3) is 0.857. The predicted molar refractivity (Wildman–Crippen MR) is 40.2 cm³/mol. The molecule has 13 heavy (non-hydrogen) atoms. The number of ether oxygens (including phenoxy) is 1. The van der Waals surface area contributed by atoms with Crippen LogP contribution in [0.3, 0.4) is 0 Å². The SMILES string of the molecule is COC(=O)N[C@@H](C)C(C)C(F)(F)F. The largest absolute Gasteiger partial charge is 0.453 e. The summed E-state index contributed by atoms with van der Waals surface area (Å²) in [5.41, 5.74) is 0. The maximum Gasteiger partial charge on any atom is 0.407 e. The van der Waals surface area contributed by atoms with Gasteiger partial charge in [0.2, 0.25) is 0 Å². The maximum absolute atomic E-state index is 12.1. The summed E-state index contributed by atoms with van der Waals surface area (Å²) in [5.74, 6) is -1.59. The fourth-order valence-corrected chi connectivity index (χ4v) is 0.653. The molecule has 0 fully saturated rings. The van der Waals surface area contributed by atoms with Crippen molar-refractivity contribution in [3.8, 4) is 0 Å². The number of hydrogen-bond acceptors (Lipinski definition) is 2. The second-order valence-electron chi connectivity index (χ2n) is 2.75. The fourth-order valence-electron chi connectivity index (χ4n) is 0.653. The minimum absolute atomic E-state index is 0.858. The Morgan fingerprint density at radius 2 is 1.85 bits per heavy atom. The van der Waals surface area contributed by atoms with E-state index in [2.05, 4.69) is 10.1 Å². The quantitative estimate of drug-likeness (QED) is 0.737. The van der Waals surface area contributed by atoms with Crippen molar-refractivity contribution in [1.29, 1.82) is 0 Å². The summed E-state index contributed by atoms with van der Waals surface area (Å²) in [7, 11) is 1.10. The second-order valence-corrected chi connectivity index (χ2v) is 2.75. The molecule has 1 amide bonds. The monoisotopic (exact) mass is 199 g/mol. The van der Waals surface area contributed by atoms with Gasteiger partial charge in [-0.3, -0.25) is 0 Å². The average molecular weight is 199 g/mol. The molecule has 2 atom stereocenters. The predicted octanol–water partition coefficient (Wildman–Crippen LogP) is 1.93. The Hall–Kier alpha value is -0.940. The van der Waals surface area contributed by atoms with E-state index in [0.717, 1.165) is 14.0 Å². The minimum atomic E-state index is -4.31. The van der Waals surface area contributed by atoms with Gasteiger partial charge in [0, 0.05) is 6.04 Å². The standard InChI is InChI=1S/C7H12F3NO2/c1-4(7(8,9)10)5(2)11-6(12)13-3/h4-5H,1-3H3,(H,11,12)/t4?,5-/m0/s1. The molecular formula is C7H12F3NO2. The van der Waals surface area contributed by atoms with E-state index in [0.29, 0.717) is 0 Å². The second kappa shape index (κ2) is 4.34. The molecule has 6 heteroatoms. The van der Waals surface area contributed by atoms with Crippen molar-refractivity contribution in [2.45, 2.75) is 26.1 Å². The lowest BCUT2D eigenvalue weighted by atomic mass is 10.0. The third-order valence-corrected chi connectivity index (χ3v) is 1.80. The van der Waals surface area contributed by atoms with Crippen LogP contribution in [0.15, 0.2) is 0 Å². The molecule has 3 nitrogen and oxygen atoms in total. The van der Waals surface area contributed by atoms with Crippen LogP contribution in [0, 0.1) is 5.92 Å². The highest BCUT2D eigenvalue weighted by atomic mass is 19.4. The summed E-state index contributed by atoms with van der Waals surface area (Å²) in [5, 5.41) is 2.05. The van der Waals surface area contributed by atoms with Crippen LogP contribution in [0.1, 0.15) is 13.8 Å². The lowest BCUT2D eigenvalue weighted by Gasteiger charge is -2.22. The van der Waals surface area contributed by atoms with Crippen molar-refractivity contribution in [3.05, 3.63) is 0 Å². The van der Waals surface area contributed by atoms with E-state index in [-0.39, 0.29) is 0 Å². The first-order valence-corrected chi connectivity index (χ1v) is 3.70. The topological polar surface area (TPSA) is 38.3 Å². The van der Waals surface area contributed by atoms with Gasteiger partial charge in [-0.15, -0.1) is 0 Å². The van der Waals surface area contributed by atoms with Crippen LogP contribution < -0.4 is 5.32 Å². The van der Waals surface area contributed by atoms with Crippen molar-refractivity contribution >= 4 is 6.09 Å². The average Bonchev–Trinajstić information content (AvgIpc) is 2.01. The van der Waals surface area contributed by atoms with Crippen molar-refractivity contribution in [2.24, 2.45) is 5.92 Å². The van der Waals surface area contributed by atoms with E-state index < -0.39 is 24.2 Å². The number of halogens is 3. The first-order chi connectivity index (χ1) is 5.79. The molecule has 0 radical (unpaired) electrons. The molecule has 0 aliphatic carbocycles. The van der Waals surface area contributed by atoms with Gasteiger partial charge in [-0.25, -0.2) is 4.79 Å². The molecule has 0 aliphatic heterocycles. The summed E-state index contributed by atoms with van der Waals surface area (Å²) in [6.45, 7) is 2.27. The first kappa shape index (κ1) is 12.1. The van der Waals surface area contributed by atoms with Gasteiger partial charge >= 0.3 is 12.3 Å². The Labute approximate surface area is 74.3 Å². The normalized spacial score (nSPS) is 16.2. The van der Waals surface area contributed by atoms with Gasteiger partial charge in [0.05, 0.1) is 13.0 Å². The Morgan fingerprint density at radius 3 is 2.15 bits per heavy atom. The summed E-state index contributed by atoms with van der Waals surface area (Å²) < 4.78 is 40.4. The molecule has 78 valence electrons. The lowest BCUT2D eigenvalue weighted by molar-refractivity contribution is -0.175. The molecule has 0 aliphatic rings. The summed E-state index contributed by atoms with van der Waals surface area (Å²) in [4.78, 5) is 10.6. The number of rotatable bonds is 2. The lowest BCUT2D eigenvalue weighted by Crippen LogP contribution is -2.42. The van der Waals surface area contributed by atoms with Gasteiger partial charge in [-0.05, 0) is 6.92 Å². The highest BCUT2D eigenvalue weighted by Gasteiger charge is 2.40. The first-order valence-electron chi connectivity index (χ1n) is 3.70. The van der Waals surface area contributed by atoms with Gasteiger partial charge in [0.15, 0.2) is 0 Å². The van der Waals surface area contributed by atoms with Gasteiger partial charge in [-0.1, -0.05) is 6.92 Å². The maximum atomic E-state index is 12.1. The Balaban J connectivity index is 4.11. The van der Waals surface area contributed by atoms with Crippen LogP contribution in [-0.4, -0.2) is 25.4 Å². The van der Waals surface area contributed by atoms with Crippen LogP contribution >= 0.6 is 0 Å². The van der Waals surface area contributed by atoms with Crippen molar-refractivity contribution in [2.75, 3.05) is 7.11 Å². The van der Waals surface area contributed by atoms with E-state index in [1.54, 1.807) is 0 Å². The van der Waals surface area contributed by atoms with E-state index in [4.69, 9.17) is 0 Å². The van der Waals surface area contributed by atoms with E-state index in [1.165, 1.54) is 6.92 Å². The number of carbonyl (C=O) groups excluding carboxylic acids is 1. The van der Waals surface area contributed by atoms with E-state index in [1.807, 2.05) is 0 Å². The summed E-state index contributed by atoms with van der Waals surface area (Å²) in [6.07, 6.45) is -5.16. The zero-order valence-electron chi connectivity index (χ0n) is 7.61. The van der Waals surface area contributed by atoms with Gasteiger partial charge in [-0.2, -0.15) is 13.2 Å². The molecule has 0 aromatic heterocycles. The summed E-state index contributed by atoms with van der Waals surface area (Å²) >= 11 is 0. The Morgan fingerprint density at radius 1 is 1.38 bits per heavy atom. The molecule has 0 bridgehead atoms. The zero-order chi connectivity index (χ0) is 10.6. The number of methoxy groups -OCH3 is 1. The smallest absolute Gasteiger partial charge is 0.407 e. The van der Waals surface area contributed by atoms with E-state index in [9.17, 15) is 18.0 Å². The van der Waals surface area contributed by atoms with Crippen molar-refractivity contribution in [3.63, 3.8) is 0 Å². The molecule has 0 heterocycles. The number of nitrogens with one attached hydrogen (secondary N) is 1. The van der Waals surface area contributed by atoms with Crippen molar-refractivity contribution < 1.29 is 22.7 Å². The Kier molecular flexibility index (Phi) is 4.03. The summed E-state index contributed by atoms with van der Waals surface area (Å²) in [6, 6.07) is -0.993.